The van der Waals surface area contributed by atoms with E-state index in [1.165, 1.54) is 7.11 Å². The first-order valence-corrected chi connectivity index (χ1v) is 4.45. The van der Waals surface area contributed by atoms with Gasteiger partial charge in [-0.25, -0.2) is 0 Å². The summed E-state index contributed by atoms with van der Waals surface area (Å²) < 4.78 is 9.94. The van der Waals surface area contributed by atoms with Crippen LogP contribution in [0.5, 0.6) is 0 Å². The van der Waals surface area contributed by atoms with Crippen LogP contribution in [0.1, 0.15) is 6.42 Å². The Bertz CT molecular complexity index is 228. The SMILES string of the molecule is CO[C@H]1O[C@H]2[C@@H](O)[C@H](O)[C@]1(O)C[C@H]2O. The average Bonchev–Trinajstić information content (AvgIpc) is 2.13. The van der Waals surface area contributed by atoms with Crippen molar-refractivity contribution in [1.82, 2.24) is 0 Å². The van der Waals surface area contributed by atoms with Crippen molar-refractivity contribution in [3.63, 3.8) is 0 Å². The summed E-state index contributed by atoms with van der Waals surface area (Å²) in [4.78, 5) is 0. The summed E-state index contributed by atoms with van der Waals surface area (Å²) in [7, 11) is 1.33. The van der Waals surface area contributed by atoms with Gasteiger partial charge in [-0.2, -0.15) is 0 Å². The molecule has 0 radical (unpaired) electrons. The molecule has 0 aromatic heterocycles. The van der Waals surface area contributed by atoms with Crippen LogP contribution in [-0.2, 0) is 9.47 Å². The van der Waals surface area contributed by atoms with Crippen molar-refractivity contribution >= 4 is 0 Å². The number of hydrogen-bond donors (Lipinski definition) is 4. The summed E-state index contributed by atoms with van der Waals surface area (Å²) in [5, 5.41) is 38.5. The molecule has 0 amide bonds. The van der Waals surface area contributed by atoms with E-state index >= 15 is 0 Å². The van der Waals surface area contributed by atoms with Gasteiger partial charge in [-0.15, -0.1) is 0 Å². The van der Waals surface area contributed by atoms with Crippen molar-refractivity contribution < 1.29 is 29.9 Å². The molecule has 0 unspecified atom stereocenters. The van der Waals surface area contributed by atoms with E-state index in [4.69, 9.17) is 9.47 Å². The van der Waals surface area contributed by atoms with E-state index in [9.17, 15) is 20.4 Å². The third kappa shape index (κ3) is 1.13. The third-order valence-corrected chi connectivity index (χ3v) is 2.99. The second-order valence-electron chi connectivity index (χ2n) is 3.87. The van der Waals surface area contributed by atoms with Gasteiger partial charge < -0.3 is 29.9 Å². The van der Waals surface area contributed by atoms with Crippen LogP contribution < -0.4 is 0 Å². The van der Waals surface area contributed by atoms with Crippen LogP contribution in [-0.4, -0.2) is 63.8 Å². The zero-order chi connectivity index (χ0) is 10.5. The van der Waals surface area contributed by atoms with Gasteiger partial charge in [0.25, 0.3) is 0 Å². The van der Waals surface area contributed by atoms with Crippen molar-refractivity contribution in [3.05, 3.63) is 0 Å². The normalized spacial score (nSPS) is 57.6. The maximum absolute atomic E-state index is 9.97. The highest BCUT2D eigenvalue weighted by Crippen LogP contribution is 2.41. The number of fused-ring (bicyclic) bond motifs is 3. The summed E-state index contributed by atoms with van der Waals surface area (Å²) in [5.41, 5.74) is -1.73. The highest BCUT2D eigenvalue weighted by atomic mass is 16.7. The zero-order valence-electron chi connectivity index (χ0n) is 7.70. The molecule has 14 heavy (non-hydrogen) atoms. The molecule has 0 spiro atoms. The smallest absolute Gasteiger partial charge is 0.189 e. The van der Waals surface area contributed by atoms with E-state index < -0.39 is 36.3 Å². The maximum atomic E-state index is 9.97. The van der Waals surface area contributed by atoms with Gasteiger partial charge in [-0.3, -0.25) is 0 Å². The van der Waals surface area contributed by atoms with Crippen molar-refractivity contribution in [2.75, 3.05) is 7.11 Å². The Labute approximate surface area is 80.7 Å². The average molecular weight is 206 g/mol. The fourth-order valence-corrected chi connectivity index (χ4v) is 2.20. The minimum Gasteiger partial charge on any atom is -0.390 e. The molecule has 6 atom stereocenters. The number of methoxy groups -OCH3 is 1. The fourth-order valence-electron chi connectivity index (χ4n) is 2.20. The van der Waals surface area contributed by atoms with Gasteiger partial charge in [0.1, 0.15) is 23.9 Å². The van der Waals surface area contributed by atoms with E-state index in [0.29, 0.717) is 0 Å². The Balaban J connectivity index is 2.30. The van der Waals surface area contributed by atoms with Gasteiger partial charge >= 0.3 is 0 Å². The van der Waals surface area contributed by atoms with Gasteiger partial charge in [-0.1, -0.05) is 0 Å². The fraction of sp³-hybridized carbons (Fsp3) is 1.00. The van der Waals surface area contributed by atoms with Crippen LogP contribution in [0, 0.1) is 0 Å². The van der Waals surface area contributed by atoms with Crippen LogP contribution in [0.2, 0.25) is 0 Å². The largest absolute Gasteiger partial charge is 0.390 e. The third-order valence-electron chi connectivity index (χ3n) is 2.99. The number of ether oxygens (including phenoxy) is 2. The monoisotopic (exact) mass is 206 g/mol. The molecule has 0 aromatic carbocycles. The molecule has 3 fully saturated rings. The molecule has 4 N–H and O–H groups in total. The number of aliphatic hydroxyl groups is 4. The summed E-state index contributed by atoms with van der Waals surface area (Å²) in [6.45, 7) is 0. The van der Waals surface area contributed by atoms with Crippen LogP contribution in [0.15, 0.2) is 0 Å². The van der Waals surface area contributed by atoms with E-state index in [-0.39, 0.29) is 6.42 Å². The topological polar surface area (TPSA) is 99.4 Å². The molecular weight excluding hydrogens is 192 g/mol. The molecule has 6 heteroatoms. The number of rotatable bonds is 1. The summed E-state index contributed by atoms with van der Waals surface area (Å²) in [6.07, 6.45) is -5.58. The molecule has 0 aromatic rings. The zero-order valence-corrected chi connectivity index (χ0v) is 7.70. The molecule has 6 nitrogen and oxygen atoms in total. The lowest BCUT2D eigenvalue weighted by Crippen LogP contribution is -2.74. The van der Waals surface area contributed by atoms with Crippen molar-refractivity contribution in [1.29, 1.82) is 0 Å². The maximum Gasteiger partial charge on any atom is 0.189 e. The van der Waals surface area contributed by atoms with Crippen molar-refractivity contribution in [2.45, 2.75) is 42.7 Å². The molecule has 3 rings (SSSR count). The van der Waals surface area contributed by atoms with Gasteiger partial charge in [0, 0.05) is 13.5 Å². The first-order valence-electron chi connectivity index (χ1n) is 4.45. The number of hydrogen-bond acceptors (Lipinski definition) is 6. The minimum absolute atomic E-state index is 0.0611. The molecule has 2 heterocycles. The van der Waals surface area contributed by atoms with E-state index in [1.54, 1.807) is 0 Å². The molecule has 2 aliphatic heterocycles. The Morgan fingerprint density at radius 1 is 1.36 bits per heavy atom. The Kier molecular flexibility index (Phi) is 2.30. The lowest BCUT2D eigenvalue weighted by molar-refractivity contribution is -0.379. The second-order valence-corrected chi connectivity index (χ2v) is 3.87. The Morgan fingerprint density at radius 3 is 2.57 bits per heavy atom. The Hall–Kier alpha value is -0.240. The second kappa shape index (κ2) is 3.13. The van der Waals surface area contributed by atoms with Crippen molar-refractivity contribution in [2.24, 2.45) is 0 Å². The summed E-state index contributed by atoms with van der Waals surface area (Å²) >= 11 is 0. The summed E-state index contributed by atoms with van der Waals surface area (Å²) in [6, 6.07) is 0. The van der Waals surface area contributed by atoms with Crippen LogP contribution in [0.3, 0.4) is 0 Å². The lowest BCUT2D eigenvalue weighted by Gasteiger charge is -2.54. The highest BCUT2D eigenvalue weighted by molar-refractivity contribution is 5.09. The number of aliphatic hydroxyl groups excluding tert-OH is 3. The van der Waals surface area contributed by atoms with Gasteiger partial charge in [-0.05, 0) is 0 Å². The first-order chi connectivity index (χ1) is 6.50. The molecule has 2 saturated heterocycles. The van der Waals surface area contributed by atoms with Crippen LogP contribution in [0.4, 0.5) is 0 Å². The van der Waals surface area contributed by atoms with Crippen molar-refractivity contribution in [3.8, 4) is 0 Å². The molecular formula is C8H14O6. The lowest BCUT2D eigenvalue weighted by atomic mass is 9.74. The molecule has 1 saturated carbocycles. The first kappa shape index (κ1) is 10.3. The van der Waals surface area contributed by atoms with E-state index in [1.807, 2.05) is 0 Å². The predicted molar refractivity (Wildman–Crippen MR) is 43.3 cm³/mol. The van der Waals surface area contributed by atoms with Gasteiger partial charge in [0.05, 0.1) is 6.10 Å². The quantitative estimate of drug-likeness (QED) is 0.381. The summed E-state index contributed by atoms with van der Waals surface area (Å²) in [5.74, 6) is 0. The molecule has 3 aliphatic rings. The Morgan fingerprint density at radius 2 is 2.00 bits per heavy atom. The highest BCUT2D eigenvalue weighted by Gasteiger charge is 2.62. The molecule has 2 bridgehead atoms. The van der Waals surface area contributed by atoms with E-state index in [2.05, 4.69) is 0 Å². The minimum atomic E-state index is -1.73. The standard InChI is InChI=1S/C8H14O6/c1-13-7-8(12)2-3(9)5(14-7)4(10)6(8)11/h3-7,9-12H,2H2,1H3/t3-,4-,5-,6+,7+,8-/m1/s1. The van der Waals surface area contributed by atoms with Crippen LogP contribution in [0.25, 0.3) is 0 Å². The van der Waals surface area contributed by atoms with Gasteiger partial charge in [0.15, 0.2) is 6.29 Å². The predicted octanol–water partition coefficient (Wildman–Crippen LogP) is -2.42. The molecule has 1 aliphatic carbocycles. The van der Waals surface area contributed by atoms with Gasteiger partial charge in [0.2, 0.25) is 0 Å². The van der Waals surface area contributed by atoms with E-state index in [0.717, 1.165) is 0 Å². The van der Waals surface area contributed by atoms with Crippen LogP contribution >= 0.6 is 0 Å². The molecule has 82 valence electrons.